The number of piperidine rings is 1. The normalized spacial score (nSPS) is 19.5. The maximum atomic E-state index is 6.61. The molecule has 1 aromatic carbocycles. The highest BCUT2D eigenvalue weighted by Gasteiger charge is 2.24. The van der Waals surface area contributed by atoms with Gasteiger partial charge in [-0.2, -0.15) is 0 Å². The Morgan fingerprint density at radius 2 is 1.76 bits per heavy atom. The van der Waals surface area contributed by atoms with Crippen molar-refractivity contribution in [2.24, 2.45) is 5.10 Å². The number of benzene rings is 1. The molecular weight excluding hydrogens is 454 g/mol. The lowest BCUT2D eigenvalue weighted by molar-refractivity contribution is 0.169. The van der Waals surface area contributed by atoms with Gasteiger partial charge >= 0.3 is 0 Å². The minimum atomic E-state index is 0.152. The van der Waals surface area contributed by atoms with Crippen molar-refractivity contribution in [1.82, 2.24) is 36.3 Å². The Morgan fingerprint density at radius 3 is 2.41 bits per heavy atom. The summed E-state index contributed by atoms with van der Waals surface area (Å²) in [4.78, 5) is 15.9. The van der Waals surface area contributed by atoms with Crippen molar-refractivity contribution in [1.29, 1.82) is 0 Å². The molecule has 0 atom stereocenters. The van der Waals surface area contributed by atoms with Crippen molar-refractivity contribution in [3.05, 3.63) is 46.7 Å². The molecule has 3 aliphatic rings. The molecule has 2 saturated heterocycles. The second-order valence-electron chi connectivity index (χ2n) is 8.87. The quantitative estimate of drug-likeness (QED) is 0.565. The first-order chi connectivity index (χ1) is 16.7. The van der Waals surface area contributed by atoms with Crippen molar-refractivity contribution < 1.29 is 4.74 Å². The predicted octanol–water partition coefficient (Wildman–Crippen LogP) is 1.74. The van der Waals surface area contributed by atoms with Gasteiger partial charge in [0.2, 0.25) is 11.9 Å². The molecule has 0 radical (unpaired) electrons. The molecular formula is C23H32ClN9O. The first kappa shape index (κ1) is 22.9. The van der Waals surface area contributed by atoms with Crippen molar-refractivity contribution in [3.8, 4) is 5.75 Å². The number of aryl methyl sites for hydroxylation is 1. The van der Waals surface area contributed by atoms with Crippen LogP contribution in [-0.2, 0) is 13.0 Å². The molecule has 2 fully saturated rings. The Hall–Kier alpha value is -2.82. The highest BCUT2D eigenvalue weighted by atomic mass is 35.5. The minimum absolute atomic E-state index is 0.152. The fraction of sp³-hybridized carbons (Fsp3) is 0.522. The van der Waals surface area contributed by atoms with Crippen LogP contribution in [-0.4, -0.2) is 71.1 Å². The molecule has 5 rings (SSSR count). The van der Waals surface area contributed by atoms with Crippen LogP contribution in [0.15, 0.2) is 35.7 Å². The Kier molecular flexibility index (Phi) is 7.17. The standard InChI is InChI=1S/C23H32ClN9O/c1-2-17-14-25-22(26-15-17)32-7-5-19(6-8-32)34-21-4-3-18(13-20(21)24)16-31-9-11-33(12-10-31)23-27-29-30-28-23/h3-4,13-15,19,29-30H,2,5-12,16H2,1H3,(H,27,28). The van der Waals surface area contributed by atoms with Crippen LogP contribution in [0.25, 0.3) is 0 Å². The third-order valence-corrected chi connectivity index (χ3v) is 6.88. The van der Waals surface area contributed by atoms with Gasteiger partial charge in [0, 0.05) is 71.0 Å². The number of hydrazone groups is 1. The molecule has 0 unspecified atom stereocenters. The summed E-state index contributed by atoms with van der Waals surface area (Å²) in [5.74, 6) is 2.42. The molecule has 0 amide bonds. The number of ether oxygens (including phenoxy) is 1. The summed E-state index contributed by atoms with van der Waals surface area (Å²) in [6.07, 6.45) is 6.79. The molecule has 3 aliphatic heterocycles. The summed E-state index contributed by atoms with van der Waals surface area (Å²) in [6, 6.07) is 6.18. The lowest BCUT2D eigenvalue weighted by Gasteiger charge is -2.35. The predicted molar refractivity (Wildman–Crippen MR) is 132 cm³/mol. The van der Waals surface area contributed by atoms with E-state index >= 15 is 0 Å². The van der Waals surface area contributed by atoms with E-state index in [2.05, 4.69) is 59.3 Å². The highest BCUT2D eigenvalue weighted by molar-refractivity contribution is 6.32. The molecule has 3 N–H and O–H groups in total. The molecule has 0 saturated carbocycles. The molecule has 0 bridgehead atoms. The Labute approximate surface area is 205 Å². The van der Waals surface area contributed by atoms with Gasteiger partial charge in [-0.05, 0) is 29.7 Å². The number of nitrogens with zero attached hydrogens (tertiary/aromatic N) is 6. The second-order valence-corrected chi connectivity index (χ2v) is 9.28. The van der Waals surface area contributed by atoms with Crippen LogP contribution in [0.1, 0.15) is 30.9 Å². The lowest BCUT2D eigenvalue weighted by atomic mass is 10.1. The summed E-state index contributed by atoms with van der Waals surface area (Å²) in [6.45, 7) is 8.55. The summed E-state index contributed by atoms with van der Waals surface area (Å²) in [5, 5.41) is 4.85. The van der Waals surface area contributed by atoms with Gasteiger partial charge in [-0.1, -0.05) is 24.6 Å². The Balaban J connectivity index is 1.09. The van der Waals surface area contributed by atoms with Gasteiger partial charge in [0.05, 0.1) is 5.02 Å². The molecule has 10 nitrogen and oxygen atoms in total. The maximum Gasteiger partial charge on any atom is 0.233 e. The monoisotopic (exact) mass is 485 g/mol. The van der Waals surface area contributed by atoms with Crippen molar-refractivity contribution >= 4 is 23.5 Å². The Morgan fingerprint density at radius 1 is 1.00 bits per heavy atom. The van der Waals surface area contributed by atoms with Gasteiger partial charge < -0.3 is 14.5 Å². The molecule has 4 heterocycles. The number of hydrogen-bond donors (Lipinski definition) is 3. The van der Waals surface area contributed by atoms with Gasteiger partial charge in [0.25, 0.3) is 0 Å². The number of anilines is 1. The molecule has 2 aromatic rings. The topological polar surface area (TPSA) is 93.2 Å². The van der Waals surface area contributed by atoms with E-state index in [0.717, 1.165) is 88.3 Å². The maximum absolute atomic E-state index is 6.61. The SMILES string of the molecule is CCc1cnc(N2CCC(Oc3ccc(CN4CCN(C5=NNNN5)CC4)cc3Cl)CC2)nc1. The number of piperazine rings is 1. The summed E-state index contributed by atoms with van der Waals surface area (Å²) in [7, 11) is 0. The Bertz CT molecular complexity index is 986. The zero-order valence-electron chi connectivity index (χ0n) is 19.5. The van der Waals surface area contributed by atoms with E-state index in [-0.39, 0.29) is 6.10 Å². The first-order valence-corrected chi connectivity index (χ1v) is 12.4. The van der Waals surface area contributed by atoms with Crippen LogP contribution in [0.4, 0.5) is 5.95 Å². The van der Waals surface area contributed by atoms with Gasteiger partial charge in [-0.3, -0.25) is 10.3 Å². The van der Waals surface area contributed by atoms with Crippen molar-refractivity contribution in [2.75, 3.05) is 44.2 Å². The molecule has 0 spiro atoms. The van der Waals surface area contributed by atoms with Gasteiger partial charge in [0.15, 0.2) is 0 Å². The van der Waals surface area contributed by atoms with E-state index in [1.807, 2.05) is 24.5 Å². The number of halogens is 1. The van der Waals surface area contributed by atoms with Crippen LogP contribution in [0, 0.1) is 0 Å². The zero-order valence-corrected chi connectivity index (χ0v) is 20.3. The number of rotatable bonds is 6. The van der Waals surface area contributed by atoms with Crippen LogP contribution >= 0.6 is 11.6 Å². The third-order valence-electron chi connectivity index (χ3n) is 6.58. The summed E-state index contributed by atoms with van der Waals surface area (Å²) in [5.41, 5.74) is 10.9. The van der Waals surface area contributed by atoms with E-state index in [9.17, 15) is 0 Å². The minimum Gasteiger partial charge on any atom is -0.489 e. The molecule has 34 heavy (non-hydrogen) atoms. The van der Waals surface area contributed by atoms with Gasteiger partial charge in [0.1, 0.15) is 11.9 Å². The van der Waals surface area contributed by atoms with Crippen LogP contribution in [0.3, 0.4) is 0 Å². The molecule has 182 valence electrons. The van der Waals surface area contributed by atoms with Crippen molar-refractivity contribution in [3.63, 3.8) is 0 Å². The van der Waals surface area contributed by atoms with E-state index < -0.39 is 0 Å². The van der Waals surface area contributed by atoms with Crippen LogP contribution in [0.2, 0.25) is 5.02 Å². The lowest BCUT2D eigenvalue weighted by Crippen LogP contribution is -2.52. The number of aromatic nitrogens is 2. The van der Waals surface area contributed by atoms with E-state index in [1.54, 1.807) is 0 Å². The fourth-order valence-electron chi connectivity index (χ4n) is 4.50. The first-order valence-electron chi connectivity index (χ1n) is 12.0. The highest BCUT2D eigenvalue weighted by Crippen LogP contribution is 2.29. The average Bonchev–Trinajstić information content (AvgIpc) is 3.42. The fourth-order valence-corrected chi connectivity index (χ4v) is 4.75. The van der Waals surface area contributed by atoms with Gasteiger partial charge in [-0.15, -0.1) is 10.6 Å². The van der Waals surface area contributed by atoms with Crippen LogP contribution in [0.5, 0.6) is 5.75 Å². The molecule has 11 heteroatoms. The molecule has 1 aromatic heterocycles. The zero-order chi connectivity index (χ0) is 23.3. The number of hydrazine groups is 2. The number of nitrogens with one attached hydrogen (secondary N) is 3. The third kappa shape index (κ3) is 5.45. The van der Waals surface area contributed by atoms with Crippen LogP contribution < -0.4 is 26.1 Å². The summed E-state index contributed by atoms with van der Waals surface area (Å²) < 4.78 is 6.27. The summed E-state index contributed by atoms with van der Waals surface area (Å²) >= 11 is 6.61. The number of hydrogen-bond acceptors (Lipinski definition) is 10. The molecule has 0 aliphatic carbocycles. The second kappa shape index (κ2) is 10.6. The van der Waals surface area contributed by atoms with E-state index in [1.165, 1.54) is 5.56 Å². The largest absolute Gasteiger partial charge is 0.489 e. The smallest absolute Gasteiger partial charge is 0.233 e. The van der Waals surface area contributed by atoms with Gasteiger partial charge in [-0.25, -0.2) is 15.5 Å². The van der Waals surface area contributed by atoms with Crippen molar-refractivity contribution in [2.45, 2.75) is 38.8 Å². The van der Waals surface area contributed by atoms with E-state index in [0.29, 0.717) is 5.02 Å². The van der Waals surface area contributed by atoms with E-state index in [4.69, 9.17) is 16.3 Å². The number of guanidine groups is 1. The average molecular weight is 486 g/mol.